The zero-order chi connectivity index (χ0) is 13.4. The molecule has 0 saturated heterocycles. The summed E-state index contributed by atoms with van der Waals surface area (Å²) in [6.45, 7) is 11.9. The highest BCUT2D eigenvalue weighted by molar-refractivity contribution is 6.74. The molecule has 0 radical (unpaired) electrons. The second kappa shape index (κ2) is 4.52. The standard InChI is InChI=1S/C14H22N2OSi/c1-14(2,3)18(4,5)17-11-12-10-16-9-7-6-8-13(16)15-12/h6-10H,11H2,1-5H3. The molecule has 18 heavy (non-hydrogen) atoms. The Morgan fingerprint density at radius 3 is 2.61 bits per heavy atom. The smallest absolute Gasteiger partial charge is 0.192 e. The Morgan fingerprint density at radius 2 is 2.00 bits per heavy atom. The average molecular weight is 262 g/mol. The van der Waals surface area contributed by atoms with E-state index in [0.717, 1.165) is 11.3 Å². The van der Waals surface area contributed by atoms with Crippen LogP contribution in [0.25, 0.3) is 5.65 Å². The molecule has 0 aliphatic carbocycles. The van der Waals surface area contributed by atoms with Gasteiger partial charge < -0.3 is 8.83 Å². The van der Waals surface area contributed by atoms with Crippen molar-refractivity contribution in [2.75, 3.05) is 0 Å². The highest BCUT2D eigenvalue weighted by Crippen LogP contribution is 2.36. The summed E-state index contributed by atoms with van der Waals surface area (Å²) in [7, 11) is -1.69. The van der Waals surface area contributed by atoms with Gasteiger partial charge in [0.05, 0.1) is 12.3 Å². The number of hydrogen-bond donors (Lipinski definition) is 0. The van der Waals surface area contributed by atoms with Crippen LogP contribution in [0, 0.1) is 0 Å². The predicted octanol–water partition coefficient (Wildman–Crippen LogP) is 3.86. The zero-order valence-corrected chi connectivity index (χ0v) is 12.9. The first-order chi connectivity index (χ1) is 8.29. The molecular weight excluding hydrogens is 240 g/mol. The minimum atomic E-state index is -1.69. The molecule has 0 atom stereocenters. The van der Waals surface area contributed by atoms with Crippen molar-refractivity contribution >= 4 is 14.0 Å². The van der Waals surface area contributed by atoms with Crippen LogP contribution in [0.1, 0.15) is 26.5 Å². The van der Waals surface area contributed by atoms with Crippen molar-refractivity contribution in [2.24, 2.45) is 0 Å². The molecular formula is C14H22N2OSi. The van der Waals surface area contributed by atoms with Gasteiger partial charge in [0, 0.05) is 12.4 Å². The number of pyridine rings is 1. The van der Waals surface area contributed by atoms with Gasteiger partial charge in [-0.3, -0.25) is 0 Å². The second-order valence-electron chi connectivity index (χ2n) is 6.25. The molecule has 2 rings (SSSR count). The molecule has 0 amide bonds. The summed E-state index contributed by atoms with van der Waals surface area (Å²) in [4.78, 5) is 4.56. The summed E-state index contributed by atoms with van der Waals surface area (Å²) in [6, 6.07) is 6.02. The molecule has 0 aromatic carbocycles. The fourth-order valence-corrected chi connectivity index (χ4v) is 2.47. The van der Waals surface area contributed by atoms with Crippen molar-refractivity contribution in [3.63, 3.8) is 0 Å². The maximum atomic E-state index is 6.17. The van der Waals surface area contributed by atoms with Crippen LogP contribution in [0.3, 0.4) is 0 Å². The molecule has 0 aliphatic rings. The molecule has 2 aromatic rings. The monoisotopic (exact) mass is 262 g/mol. The van der Waals surface area contributed by atoms with Crippen molar-refractivity contribution in [1.29, 1.82) is 0 Å². The number of imidazole rings is 1. The number of aromatic nitrogens is 2. The number of rotatable bonds is 3. The SMILES string of the molecule is CC(C)(C)[Si](C)(C)OCc1cn2ccccc2n1. The van der Waals surface area contributed by atoms with Gasteiger partial charge in [0.25, 0.3) is 0 Å². The van der Waals surface area contributed by atoms with Crippen LogP contribution in [0.2, 0.25) is 18.1 Å². The topological polar surface area (TPSA) is 26.5 Å². The van der Waals surface area contributed by atoms with Gasteiger partial charge in [0.15, 0.2) is 8.32 Å². The van der Waals surface area contributed by atoms with Gasteiger partial charge in [-0.2, -0.15) is 0 Å². The van der Waals surface area contributed by atoms with Crippen LogP contribution in [-0.2, 0) is 11.0 Å². The van der Waals surface area contributed by atoms with Crippen LogP contribution in [-0.4, -0.2) is 17.7 Å². The molecule has 0 aliphatic heterocycles. The largest absolute Gasteiger partial charge is 0.411 e. The summed E-state index contributed by atoms with van der Waals surface area (Å²) in [6.07, 6.45) is 4.06. The Bertz CT molecular complexity index is 507. The van der Waals surface area contributed by atoms with E-state index in [1.165, 1.54) is 0 Å². The fraction of sp³-hybridized carbons (Fsp3) is 0.500. The molecule has 0 fully saturated rings. The maximum Gasteiger partial charge on any atom is 0.192 e. The number of hydrogen-bond acceptors (Lipinski definition) is 2. The lowest BCUT2D eigenvalue weighted by atomic mass is 10.2. The molecule has 98 valence electrons. The van der Waals surface area contributed by atoms with E-state index >= 15 is 0 Å². The summed E-state index contributed by atoms with van der Waals surface area (Å²) < 4.78 is 8.20. The summed E-state index contributed by atoms with van der Waals surface area (Å²) in [5.41, 5.74) is 1.98. The molecule has 3 nitrogen and oxygen atoms in total. The van der Waals surface area contributed by atoms with E-state index in [1.807, 2.05) is 35.0 Å². The Labute approximate surface area is 110 Å². The second-order valence-corrected chi connectivity index (χ2v) is 11.1. The Balaban J connectivity index is 2.11. The molecule has 0 bridgehead atoms. The van der Waals surface area contributed by atoms with Crippen molar-refractivity contribution in [3.8, 4) is 0 Å². The van der Waals surface area contributed by atoms with Gasteiger partial charge in [-0.1, -0.05) is 26.8 Å². The first-order valence-electron chi connectivity index (χ1n) is 6.36. The van der Waals surface area contributed by atoms with E-state index in [0.29, 0.717) is 6.61 Å². The highest BCUT2D eigenvalue weighted by Gasteiger charge is 2.37. The highest BCUT2D eigenvalue weighted by atomic mass is 28.4. The molecule has 4 heteroatoms. The lowest BCUT2D eigenvalue weighted by molar-refractivity contribution is 0.272. The van der Waals surface area contributed by atoms with E-state index in [2.05, 4.69) is 38.8 Å². The molecule has 2 aromatic heterocycles. The third kappa shape index (κ3) is 2.65. The van der Waals surface area contributed by atoms with Gasteiger partial charge in [-0.15, -0.1) is 0 Å². The average Bonchev–Trinajstić information content (AvgIpc) is 2.67. The first kappa shape index (κ1) is 13.3. The number of fused-ring (bicyclic) bond motifs is 1. The van der Waals surface area contributed by atoms with Crippen LogP contribution in [0.15, 0.2) is 30.6 Å². The summed E-state index contributed by atoms with van der Waals surface area (Å²) in [5, 5.41) is 0.242. The summed E-state index contributed by atoms with van der Waals surface area (Å²) >= 11 is 0. The Kier molecular flexibility index (Phi) is 3.34. The minimum absolute atomic E-state index is 0.242. The number of nitrogens with zero attached hydrogens (tertiary/aromatic N) is 2. The lowest BCUT2D eigenvalue weighted by Gasteiger charge is -2.35. The van der Waals surface area contributed by atoms with E-state index in [1.54, 1.807) is 0 Å². The first-order valence-corrected chi connectivity index (χ1v) is 9.27. The van der Waals surface area contributed by atoms with Crippen molar-refractivity contribution in [2.45, 2.75) is 45.5 Å². The van der Waals surface area contributed by atoms with Gasteiger partial charge in [0.1, 0.15) is 5.65 Å². The normalized spacial score (nSPS) is 13.2. The fourth-order valence-electron chi connectivity index (χ4n) is 1.53. The third-order valence-corrected chi connectivity index (χ3v) is 8.28. The van der Waals surface area contributed by atoms with Gasteiger partial charge in [-0.05, 0) is 30.3 Å². The van der Waals surface area contributed by atoms with E-state index in [4.69, 9.17) is 4.43 Å². The third-order valence-electron chi connectivity index (χ3n) is 3.80. The quantitative estimate of drug-likeness (QED) is 0.785. The molecule has 0 spiro atoms. The Hall–Kier alpha value is -1.13. The van der Waals surface area contributed by atoms with E-state index in [9.17, 15) is 0 Å². The lowest BCUT2D eigenvalue weighted by Crippen LogP contribution is -2.40. The molecule has 0 saturated carbocycles. The van der Waals surface area contributed by atoms with Gasteiger partial charge in [0.2, 0.25) is 0 Å². The summed E-state index contributed by atoms with van der Waals surface area (Å²) in [5.74, 6) is 0. The maximum absolute atomic E-state index is 6.17. The van der Waals surface area contributed by atoms with Gasteiger partial charge >= 0.3 is 0 Å². The van der Waals surface area contributed by atoms with Crippen LogP contribution in [0.5, 0.6) is 0 Å². The predicted molar refractivity (Wildman–Crippen MR) is 77.2 cm³/mol. The molecule has 2 heterocycles. The van der Waals surface area contributed by atoms with Crippen LogP contribution < -0.4 is 0 Å². The van der Waals surface area contributed by atoms with E-state index in [-0.39, 0.29) is 5.04 Å². The van der Waals surface area contributed by atoms with Crippen molar-refractivity contribution in [3.05, 3.63) is 36.3 Å². The van der Waals surface area contributed by atoms with E-state index < -0.39 is 8.32 Å². The van der Waals surface area contributed by atoms with Gasteiger partial charge in [-0.25, -0.2) is 4.98 Å². The molecule has 0 unspecified atom stereocenters. The Morgan fingerprint density at radius 1 is 1.28 bits per heavy atom. The van der Waals surface area contributed by atoms with Crippen molar-refractivity contribution in [1.82, 2.24) is 9.38 Å². The van der Waals surface area contributed by atoms with Crippen LogP contribution in [0.4, 0.5) is 0 Å². The molecule has 0 N–H and O–H groups in total. The van der Waals surface area contributed by atoms with Crippen LogP contribution >= 0.6 is 0 Å². The van der Waals surface area contributed by atoms with Crippen molar-refractivity contribution < 1.29 is 4.43 Å². The minimum Gasteiger partial charge on any atom is -0.411 e. The zero-order valence-electron chi connectivity index (χ0n) is 11.9.